The minimum absolute atomic E-state index is 0.0226. The van der Waals surface area contributed by atoms with Crippen LogP contribution in [0, 0.1) is 11.8 Å². The molecule has 0 amide bonds. The maximum Gasteiger partial charge on any atom is 0.332 e. The van der Waals surface area contributed by atoms with Crippen LogP contribution < -0.4 is 0 Å². The monoisotopic (exact) mass is 212 g/mol. The van der Waals surface area contributed by atoms with Gasteiger partial charge in [0.1, 0.15) is 0 Å². The van der Waals surface area contributed by atoms with Gasteiger partial charge in [0.25, 0.3) is 0 Å². The van der Waals surface area contributed by atoms with Gasteiger partial charge in [-0.05, 0) is 24.7 Å². The summed E-state index contributed by atoms with van der Waals surface area (Å²) in [6.45, 7) is 1.80. The lowest BCUT2D eigenvalue weighted by Gasteiger charge is -2.18. The summed E-state index contributed by atoms with van der Waals surface area (Å²) in [6.07, 6.45) is 5.08. The molecule has 1 unspecified atom stereocenters. The van der Waals surface area contributed by atoms with E-state index in [1.165, 1.54) is 0 Å². The summed E-state index contributed by atoms with van der Waals surface area (Å²) < 4.78 is 0. The maximum absolute atomic E-state index is 10.9. The van der Waals surface area contributed by atoms with Crippen LogP contribution in [0.4, 0.5) is 0 Å². The van der Waals surface area contributed by atoms with Gasteiger partial charge in [-0.15, -0.1) is 0 Å². The second-order valence-electron chi connectivity index (χ2n) is 4.08. The zero-order valence-corrected chi connectivity index (χ0v) is 8.77. The molecule has 1 rings (SSSR count). The minimum atomic E-state index is -1.18. The van der Waals surface area contributed by atoms with Crippen LogP contribution in [-0.4, -0.2) is 22.2 Å². The smallest absolute Gasteiger partial charge is 0.332 e. The number of carboxylic acids is 2. The fourth-order valence-corrected chi connectivity index (χ4v) is 2.23. The van der Waals surface area contributed by atoms with Crippen LogP contribution in [0.3, 0.4) is 0 Å². The molecule has 0 aromatic heterocycles. The third kappa shape index (κ3) is 3.08. The molecule has 0 heterocycles. The van der Waals surface area contributed by atoms with E-state index < -0.39 is 11.9 Å². The minimum Gasteiger partial charge on any atom is -0.478 e. The Hall–Kier alpha value is -1.32. The van der Waals surface area contributed by atoms with Gasteiger partial charge in [-0.25, -0.2) is 9.59 Å². The Labute approximate surface area is 88.6 Å². The van der Waals surface area contributed by atoms with Crippen molar-refractivity contribution in [3.05, 3.63) is 11.6 Å². The molecule has 0 aromatic carbocycles. The zero-order valence-electron chi connectivity index (χ0n) is 8.77. The quantitative estimate of drug-likeness (QED) is 0.698. The lowest BCUT2D eigenvalue weighted by atomic mass is 9.86. The molecule has 4 heteroatoms. The van der Waals surface area contributed by atoms with Crippen molar-refractivity contribution in [2.24, 2.45) is 11.8 Å². The maximum atomic E-state index is 10.9. The fraction of sp³-hybridized carbons (Fsp3) is 0.636. The summed E-state index contributed by atoms with van der Waals surface area (Å²) in [5.41, 5.74) is 0.0226. The molecule has 0 aliphatic heterocycles. The van der Waals surface area contributed by atoms with E-state index in [-0.39, 0.29) is 11.5 Å². The standard InChI is InChI=1S/C11H16O4/c1-7(8-4-2-3-5-8)9(11(14)15)6-10(12)13/h6-8H,2-5H2,1H3,(H,12,13)(H,14,15). The SMILES string of the molecule is CC(C(=CC(=O)O)C(=O)O)C1CCCC1. The molecule has 1 saturated carbocycles. The Morgan fingerprint density at radius 2 is 1.80 bits per heavy atom. The Morgan fingerprint density at radius 1 is 1.27 bits per heavy atom. The highest BCUT2D eigenvalue weighted by atomic mass is 16.4. The first-order chi connectivity index (χ1) is 7.02. The normalized spacial score (nSPS) is 20.2. The lowest BCUT2D eigenvalue weighted by molar-refractivity contribution is -0.135. The summed E-state index contributed by atoms with van der Waals surface area (Å²) in [5, 5.41) is 17.5. The molecule has 1 aliphatic rings. The number of carbonyl (C=O) groups is 2. The van der Waals surface area contributed by atoms with Gasteiger partial charge in [-0.2, -0.15) is 0 Å². The second kappa shape index (κ2) is 4.96. The van der Waals surface area contributed by atoms with Gasteiger partial charge in [0.15, 0.2) is 0 Å². The number of carboxylic acid groups (broad SMARTS) is 2. The van der Waals surface area contributed by atoms with Crippen molar-refractivity contribution < 1.29 is 19.8 Å². The van der Waals surface area contributed by atoms with E-state index in [0.717, 1.165) is 31.8 Å². The predicted molar refractivity (Wildman–Crippen MR) is 54.5 cm³/mol. The first kappa shape index (κ1) is 11.8. The first-order valence-electron chi connectivity index (χ1n) is 5.20. The third-order valence-corrected chi connectivity index (χ3v) is 3.12. The van der Waals surface area contributed by atoms with Crippen LogP contribution in [0.2, 0.25) is 0 Å². The lowest BCUT2D eigenvalue weighted by Crippen LogP contribution is -2.18. The van der Waals surface area contributed by atoms with Crippen LogP contribution in [0.15, 0.2) is 11.6 Å². The molecule has 1 atom stereocenters. The van der Waals surface area contributed by atoms with Crippen LogP contribution in [0.25, 0.3) is 0 Å². The van der Waals surface area contributed by atoms with E-state index in [9.17, 15) is 9.59 Å². The number of hydrogen-bond acceptors (Lipinski definition) is 2. The number of hydrogen-bond donors (Lipinski definition) is 2. The topological polar surface area (TPSA) is 74.6 Å². The van der Waals surface area contributed by atoms with E-state index in [1.54, 1.807) is 6.92 Å². The van der Waals surface area contributed by atoms with E-state index in [4.69, 9.17) is 10.2 Å². The Balaban J connectivity index is 2.79. The van der Waals surface area contributed by atoms with Crippen LogP contribution in [-0.2, 0) is 9.59 Å². The summed E-state index contributed by atoms with van der Waals surface area (Å²) in [6, 6.07) is 0. The van der Waals surface area contributed by atoms with E-state index in [2.05, 4.69) is 0 Å². The molecular weight excluding hydrogens is 196 g/mol. The molecule has 4 nitrogen and oxygen atoms in total. The average molecular weight is 212 g/mol. The molecule has 0 spiro atoms. The Morgan fingerprint density at radius 3 is 2.20 bits per heavy atom. The van der Waals surface area contributed by atoms with E-state index in [0.29, 0.717) is 5.92 Å². The first-order valence-corrected chi connectivity index (χ1v) is 5.20. The van der Waals surface area contributed by atoms with Crippen molar-refractivity contribution in [3.63, 3.8) is 0 Å². The van der Waals surface area contributed by atoms with Crippen LogP contribution in [0.5, 0.6) is 0 Å². The molecule has 0 radical (unpaired) electrons. The molecule has 1 fully saturated rings. The number of rotatable bonds is 4. The Kier molecular flexibility index (Phi) is 3.88. The third-order valence-electron chi connectivity index (χ3n) is 3.12. The van der Waals surface area contributed by atoms with E-state index in [1.807, 2.05) is 0 Å². The van der Waals surface area contributed by atoms with Crippen molar-refractivity contribution in [2.45, 2.75) is 32.6 Å². The van der Waals surface area contributed by atoms with Crippen LogP contribution >= 0.6 is 0 Å². The van der Waals surface area contributed by atoms with Crippen molar-refractivity contribution >= 4 is 11.9 Å². The highest BCUT2D eigenvalue weighted by Gasteiger charge is 2.27. The second-order valence-corrected chi connectivity index (χ2v) is 4.08. The van der Waals surface area contributed by atoms with Gasteiger partial charge in [0.2, 0.25) is 0 Å². The molecule has 1 aliphatic carbocycles. The van der Waals surface area contributed by atoms with Crippen molar-refractivity contribution in [1.82, 2.24) is 0 Å². The average Bonchev–Trinajstić information content (AvgIpc) is 2.65. The van der Waals surface area contributed by atoms with Crippen molar-refractivity contribution in [3.8, 4) is 0 Å². The van der Waals surface area contributed by atoms with E-state index >= 15 is 0 Å². The van der Waals surface area contributed by atoms with Gasteiger partial charge in [0, 0.05) is 11.6 Å². The van der Waals surface area contributed by atoms with Gasteiger partial charge in [-0.1, -0.05) is 19.8 Å². The number of aliphatic carboxylic acids is 2. The van der Waals surface area contributed by atoms with Gasteiger partial charge < -0.3 is 10.2 Å². The molecule has 0 aromatic rings. The summed E-state index contributed by atoms with van der Waals surface area (Å²) >= 11 is 0. The molecule has 0 saturated heterocycles. The summed E-state index contributed by atoms with van der Waals surface area (Å²) in [7, 11) is 0. The largest absolute Gasteiger partial charge is 0.478 e. The van der Waals surface area contributed by atoms with Crippen molar-refractivity contribution in [1.29, 1.82) is 0 Å². The highest BCUT2D eigenvalue weighted by molar-refractivity contribution is 5.95. The Bertz CT molecular complexity index is 287. The van der Waals surface area contributed by atoms with Gasteiger partial charge in [-0.3, -0.25) is 0 Å². The fourth-order valence-electron chi connectivity index (χ4n) is 2.23. The predicted octanol–water partition coefficient (Wildman–Crippen LogP) is 1.91. The molecular formula is C11H16O4. The molecule has 15 heavy (non-hydrogen) atoms. The van der Waals surface area contributed by atoms with Crippen LogP contribution in [0.1, 0.15) is 32.6 Å². The van der Waals surface area contributed by atoms with Gasteiger partial charge in [0.05, 0.1) is 0 Å². The highest BCUT2D eigenvalue weighted by Crippen LogP contribution is 2.34. The summed E-state index contributed by atoms with van der Waals surface area (Å²) in [4.78, 5) is 21.4. The molecule has 84 valence electrons. The molecule has 0 bridgehead atoms. The van der Waals surface area contributed by atoms with Crippen molar-refractivity contribution in [2.75, 3.05) is 0 Å². The molecule has 2 N–H and O–H groups in total. The zero-order chi connectivity index (χ0) is 11.4. The van der Waals surface area contributed by atoms with Gasteiger partial charge >= 0.3 is 11.9 Å². The summed E-state index contributed by atoms with van der Waals surface area (Å²) in [5.74, 6) is -2.14.